The Bertz CT molecular complexity index is 630. The average Bonchev–Trinajstić information content (AvgIpc) is 2.48. The molecule has 0 unspecified atom stereocenters. The van der Waals surface area contributed by atoms with Crippen LogP contribution < -0.4 is 0 Å². The normalized spacial score (nSPS) is 10.4. The molecule has 0 amide bonds. The van der Waals surface area contributed by atoms with Crippen molar-refractivity contribution in [2.24, 2.45) is 0 Å². The first-order chi connectivity index (χ1) is 9.33. The van der Waals surface area contributed by atoms with Gasteiger partial charge in [-0.1, -0.05) is 0 Å². The minimum atomic E-state index is 0.647. The Morgan fingerprint density at radius 3 is 1.47 bits per heavy atom. The van der Waals surface area contributed by atoms with Crippen LogP contribution in [0.3, 0.4) is 0 Å². The van der Waals surface area contributed by atoms with E-state index >= 15 is 0 Å². The molecule has 3 aromatic heterocycles. The fraction of sp³-hybridized carbons (Fsp3) is 0. The largest absolute Gasteiger partial charge is 0.265 e. The number of nitrogens with zero attached hydrogens (tertiary/aromatic N) is 5. The van der Waals surface area contributed by atoms with Crippen LogP contribution in [0.25, 0.3) is 22.8 Å². The van der Waals surface area contributed by atoms with Gasteiger partial charge in [-0.05, 0) is 24.3 Å². The zero-order valence-corrected chi connectivity index (χ0v) is 11.9. The van der Waals surface area contributed by atoms with Crippen molar-refractivity contribution in [3.05, 3.63) is 52.9 Å². The summed E-state index contributed by atoms with van der Waals surface area (Å²) in [6.07, 6.45) is 6.88. The van der Waals surface area contributed by atoms with Crippen molar-refractivity contribution in [2.45, 2.75) is 0 Å². The summed E-state index contributed by atoms with van der Waals surface area (Å²) < 4.78 is 0.659. The molecular weight excluding hydrogens is 353 g/mol. The lowest BCUT2D eigenvalue weighted by atomic mass is 10.2. The molecule has 0 spiro atoms. The van der Waals surface area contributed by atoms with Gasteiger partial charge in [0.25, 0.3) is 0 Å². The van der Waals surface area contributed by atoms with Crippen molar-refractivity contribution in [3.63, 3.8) is 0 Å². The molecule has 0 aliphatic carbocycles. The number of hydrogen-bond acceptors (Lipinski definition) is 5. The van der Waals surface area contributed by atoms with E-state index in [2.05, 4.69) is 47.5 Å². The van der Waals surface area contributed by atoms with E-state index in [0.717, 1.165) is 11.1 Å². The van der Waals surface area contributed by atoms with Crippen LogP contribution in [0.15, 0.2) is 49.1 Å². The summed E-state index contributed by atoms with van der Waals surface area (Å²) in [5, 5.41) is 0. The Morgan fingerprint density at radius 2 is 1.05 bits per heavy atom. The first kappa shape index (κ1) is 12.1. The maximum Gasteiger partial charge on any atom is 0.194 e. The van der Waals surface area contributed by atoms with Crippen LogP contribution in [0.2, 0.25) is 0 Å². The van der Waals surface area contributed by atoms with Crippen molar-refractivity contribution in [3.8, 4) is 22.8 Å². The van der Waals surface area contributed by atoms with Crippen LogP contribution in [0.5, 0.6) is 0 Å². The second-order valence-electron chi connectivity index (χ2n) is 3.72. The predicted molar refractivity (Wildman–Crippen MR) is 79.0 cm³/mol. The maximum absolute atomic E-state index is 4.49. The summed E-state index contributed by atoms with van der Waals surface area (Å²) in [6.45, 7) is 0. The van der Waals surface area contributed by atoms with Gasteiger partial charge in [0.2, 0.25) is 0 Å². The standard InChI is InChI=1S/C13H8IN5/c14-13-18-11(9-1-5-15-6-2-9)17-12(19-13)10-3-7-16-8-4-10/h1-8H. The minimum absolute atomic E-state index is 0.647. The zero-order valence-electron chi connectivity index (χ0n) is 9.73. The molecule has 0 fully saturated rings. The van der Waals surface area contributed by atoms with E-state index in [9.17, 15) is 0 Å². The molecule has 3 rings (SSSR count). The van der Waals surface area contributed by atoms with Crippen LogP contribution in [-0.4, -0.2) is 24.9 Å². The third kappa shape index (κ3) is 2.73. The Balaban J connectivity index is 2.12. The minimum Gasteiger partial charge on any atom is -0.265 e. The number of aromatic nitrogens is 5. The third-order valence-corrected chi connectivity index (χ3v) is 2.97. The first-order valence-electron chi connectivity index (χ1n) is 5.55. The molecule has 0 radical (unpaired) electrons. The lowest BCUT2D eigenvalue weighted by molar-refractivity contribution is 1.02. The monoisotopic (exact) mass is 361 g/mol. The molecule has 0 saturated carbocycles. The summed E-state index contributed by atoms with van der Waals surface area (Å²) in [4.78, 5) is 21.2. The molecule has 0 aliphatic rings. The summed E-state index contributed by atoms with van der Waals surface area (Å²) in [6, 6.07) is 7.51. The van der Waals surface area contributed by atoms with Gasteiger partial charge in [0, 0.05) is 58.5 Å². The SMILES string of the molecule is Ic1nc(-c2ccncc2)nc(-c2ccncc2)n1. The van der Waals surface area contributed by atoms with Gasteiger partial charge in [0.1, 0.15) is 0 Å². The molecule has 19 heavy (non-hydrogen) atoms. The predicted octanol–water partition coefficient (Wildman–Crippen LogP) is 2.60. The molecule has 3 heterocycles. The van der Waals surface area contributed by atoms with Gasteiger partial charge in [-0.15, -0.1) is 0 Å². The number of rotatable bonds is 2. The zero-order chi connectivity index (χ0) is 13.1. The quantitative estimate of drug-likeness (QED) is 0.657. The fourth-order valence-electron chi connectivity index (χ4n) is 1.61. The van der Waals surface area contributed by atoms with Crippen LogP contribution in [0.4, 0.5) is 0 Å². The second kappa shape index (κ2) is 5.35. The highest BCUT2D eigenvalue weighted by atomic mass is 127. The van der Waals surface area contributed by atoms with E-state index in [1.54, 1.807) is 24.8 Å². The van der Waals surface area contributed by atoms with Gasteiger partial charge in [0.15, 0.2) is 15.5 Å². The highest BCUT2D eigenvalue weighted by Gasteiger charge is 2.08. The molecule has 0 aromatic carbocycles. The summed E-state index contributed by atoms with van der Waals surface area (Å²) >= 11 is 2.09. The van der Waals surface area contributed by atoms with Crippen molar-refractivity contribution in [1.29, 1.82) is 0 Å². The van der Waals surface area contributed by atoms with Gasteiger partial charge < -0.3 is 0 Å². The molecular formula is C13H8IN5. The third-order valence-electron chi connectivity index (χ3n) is 2.49. The first-order valence-corrected chi connectivity index (χ1v) is 6.63. The number of hydrogen-bond donors (Lipinski definition) is 0. The van der Waals surface area contributed by atoms with E-state index in [1.807, 2.05) is 24.3 Å². The van der Waals surface area contributed by atoms with Gasteiger partial charge in [-0.25, -0.2) is 15.0 Å². The lowest BCUT2D eigenvalue weighted by Gasteiger charge is -2.04. The van der Waals surface area contributed by atoms with E-state index in [-0.39, 0.29) is 0 Å². The Labute approximate surface area is 123 Å². The van der Waals surface area contributed by atoms with Crippen molar-refractivity contribution >= 4 is 22.6 Å². The van der Waals surface area contributed by atoms with E-state index in [0.29, 0.717) is 15.5 Å². The Kier molecular flexibility index (Phi) is 3.41. The molecule has 0 N–H and O–H groups in total. The van der Waals surface area contributed by atoms with Gasteiger partial charge in [-0.3, -0.25) is 9.97 Å². The van der Waals surface area contributed by atoms with E-state index in [4.69, 9.17) is 0 Å². The van der Waals surface area contributed by atoms with Crippen LogP contribution in [0, 0.1) is 3.83 Å². The van der Waals surface area contributed by atoms with E-state index in [1.165, 1.54) is 0 Å². The average molecular weight is 361 g/mol. The van der Waals surface area contributed by atoms with Crippen LogP contribution >= 0.6 is 22.6 Å². The van der Waals surface area contributed by atoms with Crippen LogP contribution in [0.1, 0.15) is 0 Å². The lowest BCUT2D eigenvalue weighted by Crippen LogP contribution is -1.99. The van der Waals surface area contributed by atoms with Crippen molar-refractivity contribution in [1.82, 2.24) is 24.9 Å². The summed E-state index contributed by atoms with van der Waals surface area (Å²) in [5.74, 6) is 1.29. The molecule has 0 saturated heterocycles. The van der Waals surface area contributed by atoms with Gasteiger partial charge in [0.05, 0.1) is 0 Å². The molecule has 0 bridgehead atoms. The molecule has 5 nitrogen and oxygen atoms in total. The molecule has 3 aromatic rings. The highest BCUT2D eigenvalue weighted by Crippen LogP contribution is 2.19. The molecule has 0 aliphatic heterocycles. The topological polar surface area (TPSA) is 64.5 Å². The smallest absolute Gasteiger partial charge is 0.194 e. The second-order valence-corrected chi connectivity index (χ2v) is 4.69. The highest BCUT2D eigenvalue weighted by molar-refractivity contribution is 14.1. The molecule has 6 heteroatoms. The number of halogens is 1. The van der Waals surface area contributed by atoms with Crippen LogP contribution in [-0.2, 0) is 0 Å². The summed E-state index contributed by atoms with van der Waals surface area (Å²) in [5.41, 5.74) is 1.84. The Morgan fingerprint density at radius 1 is 0.632 bits per heavy atom. The van der Waals surface area contributed by atoms with Gasteiger partial charge >= 0.3 is 0 Å². The van der Waals surface area contributed by atoms with Crippen molar-refractivity contribution < 1.29 is 0 Å². The van der Waals surface area contributed by atoms with E-state index < -0.39 is 0 Å². The van der Waals surface area contributed by atoms with Gasteiger partial charge in [-0.2, -0.15) is 0 Å². The fourth-order valence-corrected chi connectivity index (χ4v) is 2.07. The van der Waals surface area contributed by atoms with Crippen molar-refractivity contribution in [2.75, 3.05) is 0 Å². The summed E-state index contributed by atoms with van der Waals surface area (Å²) in [7, 11) is 0. The number of pyridine rings is 2. The maximum atomic E-state index is 4.49. The Hall–Kier alpha value is -1.96. The molecule has 92 valence electrons. The molecule has 0 atom stereocenters.